The molecule has 1 aliphatic carbocycles. The third kappa shape index (κ3) is 2.21. The summed E-state index contributed by atoms with van der Waals surface area (Å²) in [6.45, 7) is 2.14. The van der Waals surface area contributed by atoms with Gasteiger partial charge in [-0.05, 0) is 30.9 Å². The highest BCUT2D eigenvalue weighted by atomic mass is 32.1. The quantitative estimate of drug-likeness (QED) is 0.857. The number of hydrogen-bond donors (Lipinski definition) is 1. The molecule has 2 aromatic rings. The molecule has 0 atom stereocenters. The van der Waals surface area contributed by atoms with Crippen molar-refractivity contribution in [2.24, 2.45) is 0 Å². The molecule has 0 saturated heterocycles. The highest BCUT2D eigenvalue weighted by molar-refractivity contribution is 7.15. The molecule has 4 nitrogen and oxygen atoms in total. The normalized spacial score (nSPS) is 16.6. The van der Waals surface area contributed by atoms with E-state index in [0.717, 1.165) is 24.8 Å². The van der Waals surface area contributed by atoms with E-state index in [1.807, 2.05) is 10.8 Å². The third-order valence-electron chi connectivity index (χ3n) is 3.48. The van der Waals surface area contributed by atoms with Crippen molar-refractivity contribution in [1.82, 2.24) is 9.55 Å². The number of hydrogen-bond acceptors (Lipinski definition) is 3. The average Bonchev–Trinajstić information content (AvgIpc) is 2.96. The molecular weight excluding hydrogens is 260 g/mol. The molecule has 19 heavy (non-hydrogen) atoms. The summed E-state index contributed by atoms with van der Waals surface area (Å²) in [6.07, 6.45) is 9.42. The zero-order valence-corrected chi connectivity index (χ0v) is 11.4. The predicted molar refractivity (Wildman–Crippen MR) is 73.9 cm³/mol. The number of rotatable bonds is 2. The van der Waals surface area contributed by atoms with Crippen molar-refractivity contribution in [2.45, 2.75) is 26.2 Å². The fourth-order valence-corrected chi connectivity index (χ4v) is 3.93. The van der Waals surface area contributed by atoms with Gasteiger partial charge in [-0.1, -0.05) is 5.57 Å². The van der Waals surface area contributed by atoms with E-state index < -0.39 is 5.97 Å². The molecule has 2 heterocycles. The zero-order chi connectivity index (χ0) is 13.4. The van der Waals surface area contributed by atoms with E-state index in [-0.39, 0.29) is 0 Å². The number of nitrogens with zero attached hydrogens (tertiary/aromatic N) is 2. The van der Waals surface area contributed by atoms with E-state index in [4.69, 9.17) is 5.11 Å². The Labute approximate surface area is 115 Å². The maximum Gasteiger partial charge on any atom is 0.328 e. The summed E-state index contributed by atoms with van der Waals surface area (Å²) in [6, 6.07) is 0. The Kier molecular flexibility index (Phi) is 2.98. The molecule has 98 valence electrons. The first kappa shape index (κ1) is 12.2. The van der Waals surface area contributed by atoms with Crippen molar-refractivity contribution in [2.75, 3.05) is 0 Å². The maximum atomic E-state index is 10.8. The molecule has 5 heteroatoms. The second-order valence-electron chi connectivity index (χ2n) is 4.72. The second-order valence-corrected chi connectivity index (χ2v) is 5.81. The summed E-state index contributed by atoms with van der Waals surface area (Å²) in [5.41, 5.74) is 3.70. The molecule has 0 spiro atoms. The molecule has 0 bridgehead atoms. The summed E-state index contributed by atoms with van der Waals surface area (Å²) >= 11 is 1.74. The van der Waals surface area contributed by atoms with Crippen LogP contribution in [-0.2, 0) is 17.6 Å². The zero-order valence-electron chi connectivity index (χ0n) is 10.6. The van der Waals surface area contributed by atoms with Gasteiger partial charge >= 0.3 is 5.97 Å². The predicted octanol–water partition coefficient (Wildman–Crippen LogP) is 2.74. The number of aromatic nitrogens is 2. The van der Waals surface area contributed by atoms with Crippen molar-refractivity contribution < 1.29 is 9.90 Å². The van der Waals surface area contributed by atoms with E-state index in [1.54, 1.807) is 23.9 Å². The Hall–Kier alpha value is -1.88. The number of carbonyl (C=O) groups is 1. The van der Waals surface area contributed by atoms with Crippen molar-refractivity contribution >= 4 is 17.3 Å². The van der Waals surface area contributed by atoms with Crippen LogP contribution < -0.4 is 0 Å². The lowest BCUT2D eigenvalue weighted by atomic mass is 9.92. The van der Waals surface area contributed by atoms with Gasteiger partial charge in [0.15, 0.2) is 0 Å². The summed E-state index contributed by atoms with van der Waals surface area (Å²) in [7, 11) is 0. The van der Waals surface area contributed by atoms with Crippen LogP contribution in [0.2, 0.25) is 0 Å². The summed E-state index contributed by atoms with van der Waals surface area (Å²) in [5.74, 6) is -0.846. The molecular formula is C14H14N2O2S. The lowest BCUT2D eigenvalue weighted by molar-refractivity contribution is -0.131. The Morgan fingerprint density at radius 3 is 3.05 bits per heavy atom. The Balaban J connectivity index is 1.99. The smallest absolute Gasteiger partial charge is 0.328 e. The standard InChI is InChI=1S/C14H14N2O2S/c1-9-11-3-2-10(7-13(17)18)6-12(11)19-14(9)16-5-4-15-8-16/h4-5,7-8H,2-3,6H2,1H3,(H,17,18). The monoisotopic (exact) mass is 274 g/mol. The van der Waals surface area contributed by atoms with Crippen LogP contribution in [-0.4, -0.2) is 20.6 Å². The fraction of sp³-hybridized carbons (Fsp3) is 0.286. The number of carboxylic acid groups (broad SMARTS) is 1. The molecule has 0 aliphatic heterocycles. The highest BCUT2D eigenvalue weighted by Gasteiger charge is 2.21. The van der Waals surface area contributed by atoms with Gasteiger partial charge in [-0.3, -0.25) is 4.57 Å². The van der Waals surface area contributed by atoms with Gasteiger partial charge in [0.1, 0.15) is 5.00 Å². The van der Waals surface area contributed by atoms with Crippen LogP contribution >= 0.6 is 11.3 Å². The molecule has 0 fully saturated rings. The van der Waals surface area contributed by atoms with Gasteiger partial charge in [0, 0.05) is 29.8 Å². The van der Waals surface area contributed by atoms with Crippen LogP contribution in [0.4, 0.5) is 0 Å². The van der Waals surface area contributed by atoms with Gasteiger partial charge in [-0.15, -0.1) is 11.3 Å². The number of allylic oxidation sites excluding steroid dienone is 1. The minimum atomic E-state index is -0.846. The molecule has 0 unspecified atom stereocenters. The van der Waals surface area contributed by atoms with Crippen molar-refractivity contribution in [3.05, 3.63) is 46.4 Å². The fourth-order valence-electron chi connectivity index (χ4n) is 2.57. The number of thiophene rings is 1. The Morgan fingerprint density at radius 2 is 2.37 bits per heavy atom. The third-order valence-corrected chi connectivity index (χ3v) is 4.83. The highest BCUT2D eigenvalue weighted by Crippen LogP contribution is 2.37. The van der Waals surface area contributed by atoms with Gasteiger partial charge < -0.3 is 5.11 Å². The summed E-state index contributed by atoms with van der Waals surface area (Å²) < 4.78 is 2.03. The Bertz CT molecular complexity index is 653. The summed E-state index contributed by atoms with van der Waals surface area (Å²) in [4.78, 5) is 16.1. The van der Waals surface area contributed by atoms with E-state index in [9.17, 15) is 4.79 Å². The van der Waals surface area contributed by atoms with E-state index in [1.165, 1.54) is 27.1 Å². The lowest BCUT2D eigenvalue weighted by Crippen LogP contribution is -2.05. The molecule has 0 aromatic carbocycles. The topological polar surface area (TPSA) is 55.1 Å². The molecule has 1 aliphatic rings. The Morgan fingerprint density at radius 1 is 1.53 bits per heavy atom. The largest absolute Gasteiger partial charge is 0.478 e. The van der Waals surface area contributed by atoms with Crippen LogP contribution in [0.25, 0.3) is 5.00 Å². The second kappa shape index (κ2) is 4.66. The van der Waals surface area contributed by atoms with Gasteiger partial charge in [0.25, 0.3) is 0 Å². The first-order chi connectivity index (χ1) is 9.15. The first-order valence-corrected chi connectivity index (χ1v) is 6.98. The van der Waals surface area contributed by atoms with Crippen molar-refractivity contribution in [3.63, 3.8) is 0 Å². The van der Waals surface area contributed by atoms with E-state index in [0.29, 0.717) is 0 Å². The maximum absolute atomic E-state index is 10.8. The van der Waals surface area contributed by atoms with Gasteiger partial charge in [-0.2, -0.15) is 0 Å². The van der Waals surface area contributed by atoms with Crippen molar-refractivity contribution in [1.29, 1.82) is 0 Å². The van der Waals surface area contributed by atoms with Gasteiger partial charge in [0.2, 0.25) is 0 Å². The number of aliphatic carboxylic acids is 1. The van der Waals surface area contributed by atoms with E-state index in [2.05, 4.69) is 11.9 Å². The molecule has 0 radical (unpaired) electrons. The van der Waals surface area contributed by atoms with Crippen molar-refractivity contribution in [3.8, 4) is 5.00 Å². The van der Waals surface area contributed by atoms with Crippen LogP contribution in [0.5, 0.6) is 0 Å². The van der Waals surface area contributed by atoms with Crippen LogP contribution in [0, 0.1) is 6.92 Å². The number of carboxylic acids is 1. The number of imidazole rings is 1. The van der Waals surface area contributed by atoms with Crippen LogP contribution in [0.1, 0.15) is 22.4 Å². The van der Waals surface area contributed by atoms with Crippen LogP contribution in [0.3, 0.4) is 0 Å². The van der Waals surface area contributed by atoms with Gasteiger partial charge in [0.05, 0.1) is 6.33 Å². The lowest BCUT2D eigenvalue weighted by Gasteiger charge is -2.14. The average molecular weight is 274 g/mol. The number of fused-ring (bicyclic) bond motifs is 1. The minimum Gasteiger partial charge on any atom is -0.478 e. The first-order valence-electron chi connectivity index (χ1n) is 6.17. The van der Waals surface area contributed by atoms with Gasteiger partial charge in [-0.25, -0.2) is 9.78 Å². The molecule has 3 rings (SSSR count). The molecule has 1 N–H and O–H groups in total. The molecule has 2 aromatic heterocycles. The summed E-state index contributed by atoms with van der Waals surface area (Å²) in [5, 5.41) is 10.0. The SMILES string of the molecule is Cc1c(-n2ccnc2)sc2c1CCC(=CC(=O)O)C2. The van der Waals surface area contributed by atoms with E-state index >= 15 is 0 Å². The van der Waals surface area contributed by atoms with Crippen LogP contribution in [0.15, 0.2) is 30.4 Å². The molecule has 0 saturated carbocycles. The molecule has 0 amide bonds. The minimum absolute atomic E-state index is 0.766.